The number of benzene rings is 1. The summed E-state index contributed by atoms with van der Waals surface area (Å²) in [5, 5.41) is 1.06. The topological polar surface area (TPSA) is 38.0 Å². The maximum atomic E-state index is 5.74. The number of hydrogen-bond acceptors (Lipinski definition) is 2. The number of halogens is 3. The van der Waals surface area contributed by atoms with Crippen molar-refractivity contribution in [2.45, 2.75) is 0 Å². The van der Waals surface area contributed by atoms with E-state index in [9.17, 15) is 0 Å². The molecule has 1 aromatic rings. The molecule has 0 saturated heterocycles. The fraction of sp³-hybridized carbons (Fsp3) is 0. The highest BCUT2D eigenvalue weighted by molar-refractivity contribution is 6.49. The number of hydrogen-bond donors (Lipinski definition) is 2. The maximum Gasteiger partial charge on any atom is 0.0852 e. The van der Waals surface area contributed by atoms with E-state index in [0.717, 1.165) is 0 Å². The fourth-order valence-electron chi connectivity index (χ4n) is 0.637. The molecule has 0 aliphatic heterocycles. The van der Waals surface area contributed by atoms with Crippen LogP contribution in [0.2, 0.25) is 15.1 Å². The lowest BCUT2D eigenvalue weighted by Crippen LogP contribution is -2.07. The summed E-state index contributed by atoms with van der Waals surface area (Å²) in [5.41, 5.74) is 2.94. The Hall–Kier alpha value is -0.150. The van der Waals surface area contributed by atoms with Crippen molar-refractivity contribution in [3.05, 3.63) is 27.2 Å². The number of nitrogens with one attached hydrogen (secondary N) is 1. The highest BCUT2D eigenvalue weighted by atomic mass is 35.5. The molecule has 60 valence electrons. The molecule has 0 heterocycles. The van der Waals surface area contributed by atoms with E-state index in [1.807, 2.05) is 0 Å². The van der Waals surface area contributed by atoms with Crippen molar-refractivity contribution in [3.8, 4) is 0 Å². The highest BCUT2D eigenvalue weighted by Crippen LogP contribution is 2.34. The molecule has 0 aliphatic carbocycles. The Bertz CT molecular complexity index is 275. The molecule has 0 aliphatic rings. The molecule has 3 N–H and O–H groups in total. The van der Waals surface area contributed by atoms with E-state index in [1.54, 1.807) is 12.1 Å². The second-order valence-electron chi connectivity index (χ2n) is 1.87. The molecule has 1 rings (SSSR count). The lowest BCUT2D eigenvalue weighted by molar-refractivity contribution is 1.35. The minimum Gasteiger partial charge on any atom is -0.323 e. The molecule has 0 unspecified atom stereocenters. The summed E-state index contributed by atoms with van der Waals surface area (Å²) in [6, 6.07) is 3.27. The van der Waals surface area contributed by atoms with Gasteiger partial charge in [0.25, 0.3) is 0 Å². The predicted octanol–water partition coefficient (Wildman–Crippen LogP) is 2.93. The van der Waals surface area contributed by atoms with Crippen LogP contribution in [0.4, 0.5) is 5.69 Å². The second-order valence-corrected chi connectivity index (χ2v) is 3.03. The normalized spacial score (nSPS) is 9.82. The number of nitrogens with two attached hydrogens (primary N) is 1. The van der Waals surface area contributed by atoms with Gasteiger partial charge >= 0.3 is 0 Å². The zero-order valence-electron chi connectivity index (χ0n) is 5.37. The standard InChI is InChI=1S/C6H5Cl3N2/c7-3-1-2-4(11-10)6(9)5(3)8/h1-2,11H,10H2. The van der Waals surface area contributed by atoms with Crippen LogP contribution in [0, 0.1) is 0 Å². The first-order valence-electron chi connectivity index (χ1n) is 2.77. The molecule has 0 bridgehead atoms. The van der Waals surface area contributed by atoms with Crippen molar-refractivity contribution in [2.75, 3.05) is 5.43 Å². The van der Waals surface area contributed by atoms with Gasteiger partial charge in [0.15, 0.2) is 0 Å². The minimum atomic E-state index is 0.309. The third-order valence-electron chi connectivity index (χ3n) is 1.19. The molecule has 0 spiro atoms. The zero-order chi connectivity index (χ0) is 8.43. The van der Waals surface area contributed by atoms with Crippen LogP contribution in [-0.2, 0) is 0 Å². The number of rotatable bonds is 1. The zero-order valence-corrected chi connectivity index (χ0v) is 7.63. The first-order chi connectivity index (χ1) is 5.16. The van der Waals surface area contributed by atoms with Gasteiger partial charge in [-0.3, -0.25) is 5.84 Å². The van der Waals surface area contributed by atoms with E-state index >= 15 is 0 Å². The summed E-state index contributed by atoms with van der Waals surface area (Å²) in [6.07, 6.45) is 0. The molecule has 0 radical (unpaired) electrons. The van der Waals surface area contributed by atoms with Crippen LogP contribution >= 0.6 is 34.8 Å². The van der Waals surface area contributed by atoms with Gasteiger partial charge in [-0.05, 0) is 12.1 Å². The summed E-state index contributed by atoms with van der Waals surface area (Å²) in [5.74, 6) is 5.13. The molecular formula is C6H5Cl3N2. The van der Waals surface area contributed by atoms with Gasteiger partial charge in [0.2, 0.25) is 0 Å². The van der Waals surface area contributed by atoms with Crippen molar-refractivity contribution in [3.63, 3.8) is 0 Å². The van der Waals surface area contributed by atoms with Crippen LogP contribution in [0.15, 0.2) is 12.1 Å². The minimum absolute atomic E-state index is 0.309. The average molecular weight is 211 g/mol. The van der Waals surface area contributed by atoms with Gasteiger partial charge < -0.3 is 5.43 Å². The second kappa shape index (κ2) is 3.50. The van der Waals surface area contributed by atoms with Gasteiger partial charge in [-0.1, -0.05) is 34.8 Å². The van der Waals surface area contributed by atoms with Gasteiger partial charge in [0.05, 0.1) is 20.8 Å². The Labute approximate surface area is 79.2 Å². The van der Waals surface area contributed by atoms with Gasteiger partial charge in [0, 0.05) is 0 Å². The summed E-state index contributed by atoms with van der Waals surface area (Å²) in [6.45, 7) is 0. The number of anilines is 1. The van der Waals surface area contributed by atoms with Crippen molar-refractivity contribution in [1.82, 2.24) is 0 Å². The van der Waals surface area contributed by atoms with E-state index in [0.29, 0.717) is 20.8 Å². The monoisotopic (exact) mass is 210 g/mol. The van der Waals surface area contributed by atoms with Gasteiger partial charge in [-0.25, -0.2) is 0 Å². The SMILES string of the molecule is NNc1ccc(Cl)c(Cl)c1Cl. The van der Waals surface area contributed by atoms with Crippen molar-refractivity contribution in [1.29, 1.82) is 0 Å². The van der Waals surface area contributed by atoms with Crippen LogP contribution < -0.4 is 11.3 Å². The van der Waals surface area contributed by atoms with Crippen LogP contribution in [0.1, 0.15) is 0 Å². The quantitative estimate of drug-likeness (QED) is 0.426. The van der Waals surface area contributed by atoms with Crippen LogP contribution in [0.3, 0.4) is 0 Å². The van der Waals surface area contributed by atoms with E-state index < -0.39 is 0 Å². The third-order valence-corrected chi connectivity index (χ3v) is 2.48. The number of hydrazine groups is 1. The van der Waals surface area contributed by atoms with Crippen molar-refractivity contribution < 1.29 is 0 Å². The van der Waals surface area contributed by atoms with E-state index in [1.165, 1.54) is 0 Å². The molecule has 0 aromatic heterocycles. The lowest BCUT2D eigenvalue weighted by atomic mass is 10.3. The molecule has 0 amide bonds. The molecular weight excluding hydrogens is 206 g/mol. The van der Waals surface area contributed by atoms with Crippen LogP contribution in [0.5, 0.6) is 0 Å². The summed E-state index contributed by atoms with van der Waals surface area (Å²) >= 11 is 17.1. The molecule has 2 nitrogen and oxygen atoms in total. The molecule has 0 atom stereocenters. The maximum absolute atomic E-state index is 5.74. The summed E-state index contributed by atoms with van der Waals surface area (Å²) < 4.78 is 0. The molecule has 0 saturated carbocycles. The van der Waals surface area contributed by atoms with Crippen LogP contribution in [-0.4, -0.2) is 0 Å². The highest BCUT2D eigenvalue weighted by Gasteiger charge is 2.06. The van der Waals surface area contributed by atoms with E-state index in [-0.39, 0.29) is 0 Å². The first kappa shape index (κ1) is 8.94. The molecule has 11 heavy (non-hydrogen) atoms. The third kappa shape index (κ3) is 1.71. The largest absolute Gasteiger partial charge is 0.323 e. The fourth-order valence-corrected chi connectivity index (χ4v) is 1.23. The predicted molar refractivity (Wildman–Crippen MR) is 49.3 cm³/mol. The first-order valence-corrected chi connectivity index (χ1v) is 3.90. The average Bonchev–Trinajstić information content (AvgIpc) is 2.01. The van der Waals surface area contributed by atoms with Gasteiger partial charge in [-0.2, -0.15) is 0 Å². The summed E-state index contributed by atoms with van der Waals surface area (Å²) in [4.78, 5) is 0. The Kier molecular flexibility index (Phi) is 2.84. The Morgan fingerprint density at radius 2 is 1.73 bits per heavy atom. The number of nitrogen functional groups attached to an aromatic ring is 1. The summed E-state index contributed by atoms with van der Waals surface area (Å²) in [7, 11) is 0. The Morgan fingerprint density at radius 3 is 2.27 bits per heavy atom. The Balaban J connectivity index is 3.25. The molecule has 0 fully saturated rings. The van der Waals surface area contributed by atoms with E-state index in [2.05, 4.69) is 5.43 Å². The van der Waals surface area contributed by atoms with Crippen molar-refractivity contribution in [2.24, 2.45) is 5.84 Å². The van der Waals surface area contributed by atoms with Gasteiger partial charge in [-0.15, -0.1) is 0 Å². The van der Waals surface area contributed by atoms with Crippen LogP contribution in [0.25, 0.3) is 0 Å². The molecule has 1 aromatic carbocycles. The van der Waals surface area contributed by atoms with E-state index in [4.69, 9.17) is 40.6 Å². The Morgan fingerprint density at radius 1 is 1.09 bits per heavy atom. The molecule has 5 heteroatoms. The smallest absolute Gasteiger partial charge is 0.0852 e. The van der Waals surface area contributed by atoms with Gasteiger partial charge in [0.1, 0.15) is 0 Å². The lowest BCUT2D eigenvalue weighted by Gasteiger charge is -2.04. The van der Waals surface area contributed by atoms with Crippen molar-refractivity contribution >= 4 is 40.5 Å².